The fourth-order valence-electron chi connectivity index (χ4n) is 1.06. The van der Waals surface area contributed by atoms with Crippen LogP contribution in [0.25, 0.3) is 0 Å². The molecule has 2 nitrogen and oxygen atoms in total. The molecule has 0 spiro atoms. The second-order valence-corrected chi connectivity index (χ2v) is 4.44. The van der Waals surface area contributed by atoms with Crippen LogP contribution in [0.5, 0.6) is 0 Å². The molecule has 3 heteroatoms. The molecule has 1 fully saturated rings. The first-order valence-electron chi connectivity index (χ1n) is 4.06. The van der Waals surface area contributed by atoms with Gasteiger partial charge < -0.3 is 5.32 Å². The highest BCUT2D eigenvalue weighted by Crippen LogP contribution is 2.34. The Labute approximate surface area is 75.6 Å². The lowest BCUT2D eigenvalue weighted by Gasteiger charge is -2.09. The van der Waals surface area contributed by atoms with Gasteiger partial charge in [0, 0.05) is 5.54 Å². The first-order valence-corrected chi connectivity index (χ1v) is 4.94. The zero-order valence-corrected chi connectivity index (χ0v) is 7.78. The summed E-state index contributed by atoms with van der Waals surface area (Å²) in [5.74, 6) is 0.0741. The van der Waals surface area contributed by atoms with Crippen molar-refractivity contribution in [2.45, 2.75) is 25.3 Å². The summed E-state index contributed by atoms with van der Waals surface area (Å²) in [4.78, 5) is 12.3. The van der Waals surface area contributed by atoms with Gasteiger partial charge in [-0.15, -0.1) is 11.3 Å². The molecule has 1 aromatic rings. The van der Waals surface area contributed by atoms with E-state index in [0.29, 0.717) is 0 Å². The number of thiophene rings is 1. The molecule has 0 radical (unpaired) electrons. The summed E-state index contributed by atoms with van der Waals surface area (Å²) in [5, 5.41) is 4.92. The van der Waals surface area contributed by atoms with Gasteiger partial charge in [0.05, 0.1) is 4.88 Å². The van der Waals surface area contributed by atoms with Crippen molar-refractivity contribution in [3.63, 3.8) is 0 Å². The monoisotopic (exact) mass is 181 g/mol. The van der Waals surface area contributed by atoms with Gasteiger partial charge in [-0.25, -0.2) is 0 Å². The zero-order valence-electron chi connectivity index (χ0n) is 6.96. The Morgan fingerprint density at radius 3 is 2.92 bits per heavy atom. The van der Waals surface area contributed by atoms with Gasteiger partial charge in [0.15, 0.2) is 0 Å². The molecule has 0 aromatic carbocycles. The molecule has 1 amide bonds. The average Bonchev–Trinajstić information content (AvgIpc) is 2.55. The minimum atomic E-state index is 0.0741. The van der Waals surface area contributed by atoms with Crippen LogP contribution in [0.4, 0.5) is 0 Å². The number of rotatable bonds is 2. The summed E-state index contributed by atoms with van der Waals surface area (Å²) in [6, 6.07) is 3.75. The Bertz CT molecular complexity index is 287. The van der Waals surface area contributed by atoms with Gasteiger partial charge in [-0.05, 0) is 31.2 Å². The molecule has 0 unspecified atom stereocenters. The van der Waals surface area contributed by atoms with E-state index in [2.05, 4.69) is 12.2 Å². The Morgan fingerprint density at radius 2 is 2.42 bits per heavy atom. The first-order chi connectivity index (χ1) is 5.70. The quantitative estimate of drug-likeness (QED) is 0.743. The van der Waals surface area contributed by atoms with E-state index in [1.54, 1.807) is 0 Å². The molecule has 2 rings (SSSR count). The highest BCUT2D eigenvalue weighted by molar-refractivity contribution is 7.12. The van der Waals surface area contributed by atoms with Crippen LogP contribution in [0.3, 0.4) is 0 Å². The number of hydrogen-bond donors (Lipinski definition) is 1. The van der Waals surface area contributed by atoms with Crippen LogP contribution in [0, 0.1) is 0 Å². The fourth-order valence-corrected chi connectivity index (χ4v) is 1.67. The SMILES string of the molecule is CC1(NC(=O)c2cccs2)CC1. The highest BCUT2D eigenvalue weighted by Gasteiger charge is 2.38. The number of carbonyl (C=O) groups excluding carboxylic acids is 1. The lowest BCUT2D eigenvalue weighted by molar-refractivity contribution is 0.0939. The summed E-state index contributed by atoms with van der Waals surface area (Å²) in [6.07, 6.45) is 2.23. The largest absolute Gasteiger partial charge is 0.346 e. The van der Waals surface area contributed by atoms with Crippen LogP contribution in [-0.4, -0.2) is 11.4 Å². The van der Waals surface area contributed by atoms with E-state index in [9.17, 15) is 4.79 Å². The molecule has 0 aliphatic heterocycles. The summed E-state index contributed by atoms with van der Waals surface area (Å²) in [6.45, 7) is 2.08. The molecule has 64 valence electrons. The van der Waals surface area contributed by atoms with Crippen molar-refractivity contribution < 1.29 is 4.79 Å². The molecular weight excluding hydrogens is 170 g/mol. The van der Waals surface area contributed by atoms with Gasteiger partial charge in [0.25, 0.3) is 5.91 Å². The van der Waals surface area contributed by atoms with Crippen molar-refractivity contribution >= 4 is 17.2 Å². The van der Waals surface area contributed by atoms with Crippen LogP contribution in [0.2, 0.25) is 0 Å². The maximum atomic E-state index is 11.5. The second-order valence-electron chi connectivity index (χ2n) is 3.49. The van der Waals surface area contributed by atoms with E-state index >= 15 is 0 Å². The van der Waals surface area contributed by atoms with Crippen molar-refractivity contribution in [2.75, 3.05) is 0 Å². The minimum Gasteiger partial charge on any atom is -0.346 e. The van der Waals surface area contributed by atoms with Crippen molar-refractivity contribution in [3.8, 4) is 0 Å². The molecule has 0 saturated heterocycles. The number of carbonyl (C=O) groups is 1. The lowest BCUT2D eigenvalue weighted by Crippen LogP contribution is -2.33. The summed E-state index contributed by atoms with van der Waals surface area (Å²) in [7, 11) is 0. The highest BCUT2D eigenvalue weighted by atomic mass is 32.1. The third kappa shape index (κ3) is 1.50. The van der Waals surface area contributed by atoms with Crippen LogP contribution in [-0.2, 0) is 0 Å². The number of hydrogen-bond acceptors (Lipinski definition) is 2. The van der Waals surface area contributed by atoms with Crippen LogP contribution in [0.1, 0.15) is 29.4 Å². The zero-order chi connectivity index (χ0) is 8.60. The molecule has 0 bridgehead atoms. The van der Waals surface area contributed by atoms with Crippen molar-refractivity contribution in [1.82, 2.24) is 5.32 Å². The lowest BCUT2D eigenvalue weighted by atomic mass is 10.3. The predicted octanol–water partition coefficient (Wildman–Crippen LogP) is 2.03. The molecule has 1 saturated carbocycles. The van der Waals surface area contributed by atoms with Gasteiger partial charge in [0.2, 0.25) is 0 Å². The van der Waals surface area contributed by atoms with Crippen molar-refractivity contribution in [1.29, 1.82) is 0 Å². The van der Waals surface area contributed by atoms with E-state index in [-0.39, 0.29) is 11.4 Å². The van der Waals surface area contributed by atoms with E-state index in [4.69, 9.17) is 0 Å². The molecular formula is C9H11NOS. The maximum absolute atomic E-state index is 11.5. The van der Waals surface area contributed by atoms with Gasteiger partial charge in [-0.2, -0.15) is 0 Å². The standard InChI is InChI=1S/C9H11NOS/c1-9(4-5-9)10-8(11)7-3-2-6-12-7/h2-3,6H,4-5H2,1H3,(H,10,11). The number of amides is 1. The average molecular weight is 181 g/mol. The number of nitrogens with one attached hydrogen (secondary N) is 1. The van der Waals surface area contributed by atoms with Gasteiger partial charge >= 0.3 is 0 Å². The predicted molar refractivity (Wildman–Crippen MR) is 49.4 cm³/mol. The molecule has 1 aliphatic carbocycles. The Morgan fingerprint density at radius 1 is 1.67 bits per heavy atom. The van der Waals surface area contributed by atoms with E-state index in [1.807, 2.05) is 17.5 Å². The van der Waals surface area contributed by atoms with E-state index in [1.165, 1.54) is 11.3 Å². The molecule has 1 N–H and O–H groups in total. The topological polar surface area (TPSA) is 29.1 Å². The maximum Gasteiger partial charge on any atom is 0.261 e. The fraction of sp³-hybridized carbons (Fsp3) is 0.444. The third-order valence-corrected chi connectivity index (χ3v) is 3.03. The van der Waals surface area contributed by atoms with Crippen LogP contribution in [0.15, 0.2) is 17.5 Å². The van der Waals surface area contributed by atoms with Crippen LogP contribution < -0.4 is 5.32 Å². The Kier molecular flexibility index (Phi) is 1.68. The molecule has 12 heavy (non-hydrogen) atoms. The van der Waals surface area contributed by atoms with Crippen LogP contribution >= 0.6 is 11.3 Å². The van der Waals surface area contributed by atoms with Gasteiger partial charge in [0.1, 0.15) is 0 Å². The Balaban J connectivity index is 2.02. The summed E-state index contributed by atoms with van der Waals surface area (Å²) < 4.78 is 0. The molecule has 1 aromatic heterocycles. The molecule has 1 aliphatic rings. The van der Waals surface area contributed by atoms with Gasteiger partial charge in [-0.1, -0.05) is 6.07 Å². The molecule has 0 atom stereocenters. The second kappa shape index (κ2) is 2.59. The normalized spacial score (nSPS) is 18.8. The summed E-state index contributed by atoms with van der Waals surface area (Å²) in [5.41, 5.74) is 0.0983. The van der Waals surface area contributed by atoms with E-state index < -0.39 is 0 Å². The smallest absolute Gasteiger partial charge is 0.261 e. The minimum absolute atomic E-state index is 0.0741. The van der Waals surface area contributed by atoms with Crippen molar-refractivity contribution in [3.05, 3.63) is 22.4 Å². The molecule has 1 heterocycles. The van der Waals surface area contributed by atoms with Gasteiger partial charge in [-0.3, -0.25) is 4.79 Å². The Hall–Kier alpha value is -0.830. The van der Waals surface area contributed by atoms with E-state index in [0.717, 1.165) is 17.7 Å². The first kappa shape index (κ1) is 7.80. The summed E-state index contributed by atoms with van der Waals surface area (Å²) >= 11 is 1.49. The third-order valence-electron chi connectivity index (χ3n) is 2.16. The van der Waals surface area contributed by atoms with Crippen molar-refractivity contribution in [2.24, 2.45) is 0 Å².